The van der Waals surface area contributed by atoms with Gasteiger partial charge >= 0.3 is 0 Å². The van der Waals surface area contributed by atoms with Gasteiger partial charge in [0.2, 0.25) is 0 Å². The Morgan fingerprint density at radius 2 is 1.43 bits per heavy atom. The van der Waals surface area contributed by atoms with Gasteiger partial charge in [-0.05, 0) is 30.2 Å². The van der Waals surface area contributed by atoms with E-state index in [2.05, 4.69) is 77.9 Å². The Morgan fingerprint density at radius 1 is 0.810 bits per heavy atom. The molecule has 0 N–H and O–H groups in total. The highest BCUT2D eigenvalue weighted by Gasteiger charge is 2.16. The molecule has 0 amide bonds. The third-order valence-electron chi connectivity index (χ3n) is 3.93. The monoisotopic (exact) mass is 294 g/mol. The van der Waals surface area contributed by atoms with Crippen molar-refractivity contribution >= 4 is 37.4 Å². The van der Waals surface area contributed by atoms with Gasteiger partial charge in [-0.25, -0.2) is 15.0 Å². The molecule has 3 heteroatoms. The molecule has 0 aliphatic rings. The molecule has 4 rings (SSSR count). The number of benzene rings is 2. The summed E-state index contributed by atoms with van der Waals surface area (Å²) >= 11 is 0. The molecule has 2 heterocycles. The molecule has 0 unspecified atom stereocenters. The Hall–Kier alpha value is -2.00. The molecule has 21 heavy (non-hydrogen) atoms. The molecule has 106 valence electrons. The summed E-state index contributed by atoms with van der Waals surface area (Å²) in [5.41, 5.74) is 2.30. The summed E-state index contributed by atoms with van der Waals surface area (Å²) in [6.07, 6.45) is 9.09. The molecule has 0 bridgehead atoms. The van der Waals surface area contributed by atoms with Gasteiger partial charge in [0, 0.05) is 17.0 Å². The highest BCUT2D eigenvalue weighted by molar-refractivity contribution is 8.32. The van der Waals surface area contributed by atoms with Crippen molar-refractivity contribution in [3.05, 3.63) is 54.7 Å². The van der Waals surface area contributed by atoms with E-state index >= 15 is 0 Å². The van der Waals surface area contributed by atoms with Gasteiger partial charge in [0.1, 0.15) is 5.65 Å². The first-order valence-electron chi connectivity index (χ1n) is 7.02. The number of aromatic nitrogens is 2. The number of hydrogen-bond acceptors (Lipinski definition) is 1. The van der Waals surface area contributed by atoms with Crippen molar-refractivity contribution in [3.8, 4) is 0 Å². The van der Waals surface area contributed by atoms with Crippen LogP contribution in [0.25, 0.3) is 27.3 Å². The lowest BCUT2D eigenvalue weighted by atomic mass is 10.1. The van der Waals surface area contributed by atoms with Crippen molar-refractivity contribution < 1.29 is 0 Å². The fraction of sp³-hybridized carbons (Fsp3) is 0.167. The van der Waals surface area contributed by atoms with Gasteiger partial charge in [-0.15, -0.1) is 0 Å². The minimum Gasteiger partial charge on any atom is -0.298 e. The van der Waals surface area contributed by atoms with Crippen LogP contribution in [0.5, 0.6) is 0 Å². The molecular weight excluding hydrogens is 276 g/mol. The summed E-state index contributed by atoms with van der Waals surface area (Å²) in [7, 11) is -0.834. The zero-order valence-electron chi connectivity index (χ0n) is 12.5. The zero-order valence-corrected chi connectivity index (χ0v) is 13.3. The first-order valence-corrected chi connectivity index (χ1v) is 9.88. The second kappa shape index (κ2) is 4.25. The van der Waals surface area contributed by atoms with E-state index in [-0.39, 0.29) is 0 Å². The van der Waals surface area contributed by atoms with Gasteiger partial charge < -0.3 is 0 Å². The predicted octanol–water partition coefficient (Wildman–Crippen LogP) is 4.69. The molecular formula is C18H18N2S. The Labute approximate surface area is 125 Å². The second-order valence-electron chi connectivity index (χ2n) is 6.17. The minimum atomic E-state index is -0.834. The average molecular weight is 294 g/mol. The number of hydrogen-bond donors (Lipinski definition) is 0. The van der Waals surface area contributed by atoms with E-state index in [1.54, 1.807) is 0 Å². The minimum absolute atomic E-state index is 0.834. The lowest BCUT2D eigenvalue weighted by molar-refractivity contribution is 1.22. The Bertz CT molecular complexity index is 904. The van der Waals surface area contributed by atoms with Gasteiger partial charge in [0.25, 0.3) is 0 Å². The Kier molecular flexibility index (Phi) is 2.57. The zero-order chi connectivity index (χ0) is 14.6. The number of para-hydroxylation sites is 1. The average Bonchev–Trinajstić information content (AvgIpc) is 2.93. The summed E-state index contributed by atoms with van der Waals surface area (Å²) in [6.45, 7) is 0. The molecule has 4 aromatic rings. The topological polar surface area (TPSA) is 17.3 Å². The summed E-state index contributed by atoms with van der Waals surface area (Å²) in [5.74, 6) is 0. The van der Waals surface area contributed by atoms with E-state index in [9.17, 15) is 0 Å². The van der Waals surface area contributed by atoms with Crippen molar-refractivity contribution in [2.24, 2.45) is 0 Å². The molecule has 0 saturated heterocycles. The van der Waals surface area contributed by atoms with Crippen LogP contribution < -0.4 is 0 Å². The van der Waals surface area contributed by atoms with Crippen LogP contribution in [0.15, 0.2) is 59.8 Å². The molecule has 2 aromatic carbocycles. The fourth-order valence-corrected chi connectivity index (χ4v) is 3.63. The Morgan fingerprint density at radius 3 is 2.14 bits per heavy atom. The van der Waals surface area contributed by atoms with Crippen LogP contribution in [0, 0.1) is 0 Å². The van der Waals surface area contributed by atoms with Crippen molar-refractivity contribution in [1.82, 2.24) is 9.38 Å². The molecule has 0 fully saturated rings. The summed E-state index contributed by atoms with van der Waals surface area (Å²) < 4.78 is 2.26. The lowest BCUT2D eigenvalue weighted by Gasteiger charge is -2.21. The van der Waals surface area contributed by atoms with Crippen LogP contribution in [0.4, 0.5) is 0 Å². The van der Waals surface area contributed by atoms with Crippen LogP contribution >= 0.6 is 10.0 Å². The van der Waals surface area contributed by atoms with Crippen molar-refractivity contribution in [1.29, 1.82) is 0 Å². The van der Waals surface area contributed by atoms with Crippen LogP contribution in [0.3, 0.4) is 0 Å². The Balaban J connectivity index is 2.29. The number of pyridine rings is 1. The van der Waals surface area contributed by atoms with Gasteiger partial charge in [-0.3, -0.25) is 4.40 Å². The largest absolute Gasteiger partial charge is 0.298 e. The molecule has 0 saturated carbocycles. The predicted molar refractivity (Wildman–Crippen MR) is 93.8 cm³/mol. The maximum Gasteiger partial charge on any atom is 0.146 e. The number of imidazole rings is 1. The van der Waals surface area contributed by atoms with Crippen LogP contribution in [-0.2, 0) is 0 Å². The fourth-order valence-electron chi connectivity index (χ4n) is 2.85. The highest BCUT2D eigenvalue weighted by Crippen LogP contribution is 2.45. The van der Waals surface area contributed by atoms with Crippen molar-refractivity contribution in [2.45, 2.75) is 5.03 Å². The number of nitrogens with zero attached hydrogens (tertiary/aromatic N) is 2. The first kappa shape index (κ1) is 12.7. The summed E-state index contributed by atoms with van der Waals surface area (Å²) in [5, 5.41) is 5.00. The van der Waals surface area contributed by atoms with E-state index in [4.69, 9.17) is 4.98 Å². The third-order valence-corrected chi connectivity index (χ3v) is 5.38. The normalized spacial score (nSPS) is 13.3. The first-order chi connectivity index (χ1) is 10.1. The molecule has 0 radical (unpaired) electrons. The quantitative estimate of drug-likeness (QED) is 0.465. The maximum atomic E-state index is 4.96. The van der Waals surface area contributed by atoms with Crippen LogP contribution in [0.2, 0.25) is 0 Å². The van der Waals surface area contributed by atoms with Gasteiger partial charge in [0.05, 0.1) is 10.5 Å². The molecule has 2 aromatic heterocycles. The maximum absolute atomic E-state index is 4.96. The molecule has 0 aliphatic carbocycles. The van der Waals surface area contributed by atoms with Crippen molar-refractivity contribution in [2.75, 3.05) is 18.8 Å². The van der Waals surface area contributed by atoms with Gasteiger partial charge in [-0.2, -0.15) is 0 Å². The van der Waals surface area contributed by atoms with Gasteiger partial charge in [0.15, 0.2) is 0 Å². The van der Waals surface area contributed by atoms with E-state index < -0.39 is 10.0 Å². The molecule has 0 atom stereocenters. The second-order valence-corrected chi connectivity index (χ2v) is 10.3. The van der Waals surface area contributed by atoms with E-state index in [0.29, 0.717) is 0 Å². The van der Waals surface area contributed by atoms with E-state index in [0.717, 1.165) is 5.65 Å². The smallest absolute Gasteiger partial charge is 0.146 e. The van der Waals surface area contributed by atoms with Gasteiger partial charge in [-0.1, -0.05) is 42.5 Å². The molecule has 0 spiro atoms. The molecule has 2 nitrogen and oxygen atoms in total. The number of rotatable bonds is 1. The van der Waals surface area contributed by atoms with E-state index in [1.165, 1.54) is 26.7 Å². The molecule has 0 aliphatic heterocycles. The van der Waals surface area contributed by atoms with E-state index in [1.807, 2.05) is 0 Å². The standard InChI is InChI=1S/C18H18N2S/c1-21(2,3)17-12-20-16-11-7-6-9-14(16)13-8-4-5-10-15(13)18(20)19-17/h4-12H,1-3H3. The SMILES string of the molecule is CS(C)(C)c1cn2c3ccccc3c3ccccc3c2n1. The summed E-state index contributed by atoms with van der Waals surface area (Å²) in [6, 6.07) is 17.1. The number of fused-ring (bicyclic) bond motifs is 6. The third kappa shape index (κ3) is 1.84. The highest BCUT2D eigenvalue weighted by atomic mass is 32.3. The summed E-state index contributed by atoms with van der Waals surface area (Å²) in [4.78, 5) is 4.96. The van der Waals surface area contributed by atoms with Crippen LogP contribution in [-0.4, -0.2) is 28.2 Å². The van der Waals surface area contributed by atoms with Crippen molar-refractivity contribution in [3.63, 3.8) is 0 Å². The van der Waals surface area contributed by atoms with Crippen LogP contribution in [0.1, 0.15) is 0 Å². The lowest BCUT2D eigenvalue weighted by Crippen LogP contribution is -1.92.